The summed E-state index contributed by atoms with van der Waals surface area (Å²) in [6.45, 7) is 2.66. The quantitative estimate of drug-likeness (QED) is 0.855. The van der Waals surface area contributed by atoms with Gasteiger partial charge < -0.3 is 14.8 Å². The van der Waals surface area contributed by atoms with E-state index in [1.54, 1.807) is 0 Å². The SMILES string of the molecule is COC(=O)c1ccc(F)c(NC2CCOC(C)C2)c1. The standard InChI is InChI=1S/C14H18FNO3/c1-9-7-11(5-6-19-9)16-13-8-10(14(17)18-2)3-4-12(13)15/h3-4,8-9,11,16H,5-7H2,1-2H3. The van der Waals surface area contributed by atoms with Crippen molar-refractivity contribution in [3.8, 4) is 0 Å². The van der Waals surface area contributed by atoms with Crippen molar-refractivity contribution in [1.29, 1.82) is 0 Å². The molecular weight excluding hydrogens is 249 g/mol. The van der Waals surface area contributed by atoms with Gasteiger partial charge in [-0.25, -0.2) is 9.18 Å². The Morgan fingerprint density at radius 1 is 1.53 bits per heavy atom. The maximum absolute atomic E-state index is 13.7. The summed E-state index contributed by atoms with van der Waals surface area (Å²) < 4.78 is 23.8. The first-order valence-electron chi connectivity index (χ1n) is 6.36. The van der Waals surface area contributed by atoms with Gasteiger partial charge in [0.25, 0.3) is 0 Å². The van der Waals surface area contributed by atoms with E-state index in [4.69, 9.17) is 4.74 Å². The molecule has 1 aliphatic rings. The van der Waals surface area contributed by atoms with E-state index in [0.29, 0.717) is 17.9 Å². The van der Waals surface area contributed by atoms with Crippen LogP contribution in [0.25, 0.3) is 0 Å². The van der Waals surface area contributed by atoms with Crippen molar-refractivity contribution in [1.82, 2.24) is 0 Å². The lowest BCUT2D eigenvalue weighted by atomic mass is 10.0. The van der Waals surface area contributed by atoms with Crippen LogP contribution in [-0.4, -0.2) is 31.8 Å². The molecule has 5 heteroatoms. The molecule has 1 fully saturated rings. The number of esters is 1. The maximum atomic E-state index is 13.7. The summed E-state index contributed by atoms with van der Waals surface area (Å²) in [5.41, 5.74) is 0.675. The van der Waals surface area contributed by atoms with Gasteiger partial charge in [0.15, 0.2) is 0 Å². The van der Waals surface area contributed by atoms with Crippen LogP contribution in [0.2, 0.25) is 0 Å². The first-order chi connectivity index (χ1) is 9.10. The molecule has 0 saturated carbocycles. The van der Waals surface area contributed by atoms with E-state index in [0.717, 1.165) is 12.8 Å². The Hall–Kier alpha value is -1.62. The molecule has 1 aromatic carbocycles. The molecular formula is C14H18FNO3. The largest absolute Gasteiger partial charge is 0.465 e. The van der Waals surface area contributed by atoms with Crippen LogP contribution in [-0.2, 0) is 9.47 Å². The zero-order chi connectivity index (χ0) is 13.8. The van der Waals surface area contributed by atoms with Crippen molar-refractivity contribution in [2.24, 2.45) is 0 Å². The molecule has 2 rings (SSSR count). The third-order valence-electron chi connectivity index (χ3n) is 3.23. The topological polar surface area (TPSA) is 47.6 Å². The Morgan fingerprint density at radius 3 is 3.00 bits per heavy atom. The van der Waals surface area contributed by atoms with Crippen LogP contribution in [0.5, 0.6) is 0 Å². The molecule has 0 aromatic heterocycles. The van der Waals surface area contributed by atoms with Gasteiger partial charge in [0.05, 0.1) is 24.5 Å². The number of methoxy groups -OCH3 is 1. The minimum atomic E-state index is -0.469. The first-order valence-corrected chi connectivity index (χ1v) is 6.36. The van der Waals surface area contributed by atoms with Crippen molar-refractivity contribution < 1.29 is 18.7 Å². The number of hydrogen-bond donors (Lipinski definition) is 1. The van der Waals surface area contributed by atoms with Crippen LogP contribution in [0.4, 0.5) is 10.1 Å². The van der Waals surface area contributed by atoms with Crippen LogP contribution in [0, 0.1) is 5.82 Å². The van der Waals surface area contributed by atoms with E-state index < -0.39 is 5.97 Å². The molecule has 1 N–H and O–H groups in total. The van der Waals surface area contributed by atoms with E-state index in [2.05, 4.69) is 10.1 Å². The number of ether oxygens (including phenoxy) is 2. The fourth-order valence-corrected chi connectivity index (χ4v) is 2.23. The van der Waals surface area contributed by atoms with Crippen molar-refractivity contribution in [2.45, 2.75) is 31.9 Å². The number of carbonyl (C=O) groups excluding carboxylic acids is 1. The molecule has 0 aliphatic carbocycles. The third-order valence-corrected chi connectivity index (χ3v) is 3.23. The summed E-state index contributed by atoms with van der Waals surface area (Å²) in [5.74, 6) is -0.838. The predicted molar refractivity (Wildman–Crippen MR) is 69.8 cm³/mol. The highest BCUT2D eigenvalue weighted by molar-refractivity contribution is 5.90. The molecule has 4 nitrogen and oxygen atoms in total. The monoisotopic (exact) mass is 267 g/mol. The summed E-state index contributed by atoms with van der Waals surface area (Å²) in [4.78, 5) is 11.4. The highest BCUT2D eigenvalue weighted by Crippen LogP contribution is 2.22. The van der Waals surface area contributed by atoms with Crippen molar-refractivity contribution in [2.75, 3.05) is 19.0 Å². The third kappa shape index (κ3) is 3.44. The number of carbonyl (C=O) groups is 1. The second kappa shape index (κ2) is 6.02. The molecule has 0 bridgehead atoms. The van der Waals surface area contributed by atoms with Gasteiger partial charge in [-0.15, -0.1) is 0 Å². The summed E-state index contributed by atoms with van der Waals surface area (Å²) >= 11 is 0. The molecule has 2 atom stereocenters. The Morgan fingerprint density at radius 2 is 2.32 bits per heavy atom. The molecule has 1 aromatic rings. The smallest absolute Gasteiger partial charge is 0.337 e. The van der Waals surface area contributed by atoms with E-state index >= 15 is 0 Å². The normalized spacial score (nSPS) is 22.9. The number of halogens is 1. The lowest BCUT2D eigenvalue weighted by Crippen LogP contribution is -2.32. The second-order valence-corrected chi connectivity index (χ2v) is 4.73. The Bertz CT molecular complexity index is 464. The zero-order valence-electron chi connectivity index (χ0n) is 11.1. The van der Waals surface area contributed by atoms with Crippen LogP contribution in [0.15, 0.2) is 18.2 Å². The second-order valence-electron chi connectivity index (χ2n) is 4.73. The molecule has 2 unspecified atom stereocenters. The number of rotatable bonds is 3. The van der Waals surface area contributed by atoms with Crippen molar-refractivity contribution >= 4 is 11.7 Å². The van der Waals surface area contributed by atoms with Gasteiger partial charge in [-0.3, -0.25) is 0 Å². The first kappa shape index (κ1) is 13.8. The average molecular weight is 267 g/mol. The van der Waals surface area contributed by atoms with Gasteiger partial charge in [-0.2, -0.15) is 0 Å². The van der Waals surface area contributed by atoms with Crippen LogP contribution >= 0.6 is 0 Å². The Balaban J connectivity index is 2.12. The summed E-state index contributed by atoms with van der Waals surface area (Å²) in [7, 11) is 1.30. The predicted octanol–water partition coefficient (Wildman–Crippen LogP) is 2.59. The molecule has 0 radical (unpaired) electrons. The van der Waals surface area contributed by atoms with Gasteiger partial charge in [-0.1, -0.05) is 0 Å². The number of benzene rings is 1. The molecule has 0 spiro atoms. The average Bonchev–Trinajstić information content (AvgIpc) is 2.40. The fourth-order valence-electron chi connectivity index (χ4n) is 2.23. The van der Waals surface area contributed by atoms with Crippen molar-refractivity contribution in [3.05, 3.63) is 29.6 Å². The molecule has 19 heavy (non-hydrogen) atoms. The summed E-state index contributed by atoms with van der Waals surface area (Å²) in [5, 5.41) is 3.14. The lowest BCUT2D eigenvalue weighted by Gasteiger charge is -2.28. The van der Waals surface area contributed by atoms with E-state index in [1.165, 1.54) is 25.3 Å². The van der Waals surface area contributed by atoms with Crippen LogP contribution < -0.4 is 5.32 Å². The minimum absolute atomic E-state index is 0.158. The fraction of sp³-hybridized carbons (Fsp3) is 0.500. The van der Waals surface area contributed by atoms with E-state index in [9.17, 15) is 9.18 Å². The molecule has 0 amide bonds. The molecule has 1 heterocycles. The highest BCUT2D eigenvalue weighted by Gasteiger charge is 2.20. The van der Waals surface area contributed by atoms with Crippen LogP contribution in [0.3, 0.4) is 0 Å². The molecule has 104 valence electrons. The van der Waals surface area contributed by atoms with Crippen LogP contribution in [0.1, 0.15) is 30.1 Å². The minimum Gasteiger partial charge on any atom is -0.465 e. The van der Waals surface area contributed by atoms with E-state index in [-0.39, 0.29) is 18.0 Å². The summed E-state index contributed by atoms with van der Waals surface area (Å²) in [6.07, 6.45) is 1.81. The molecule has 1 aliphatic heterocycles. The lowest BCUT2D eigenvalue weighted by molar-refractivity contribution is 0.0231. The van der Waals surface area contributed by atoms with Gasteiger partial charge in [0.2, 0.25) is 0 Å². The Labute approximate surface area is 111 Å². The van der Waals surface area contributed by atoms with E-state index in [1.807, 2.05) is 6.92 Å². The zero-order valence-corrected chi connectivity index (χ0v) is 11.1. The number of nitrogens with one attached hydrogen (secondary N) is 1. The number of hydrogen-bond acceptors (Lipinski definition) is 4. The van der Waals surface area contributed by atoms with Crippen molar-refractivity contribution in [3.63, 3.8) is 0 Å². The molecule has 1 saturated heterocycles. The highest BCUT2D eigenvalue weighted by atomic mass is 19.1. The van der Waals surface area contributed by atoms with Gasteiger partial charge in [0, 0.05) is 12.6 Å². The van der Waals surface area contributed by atoms with Gasteiger partial charge in [0.1, 0.15) is 5.82 Å². The van der Waals surface area contributed by atoms with Gasteiger partial charge >= 0.3 is 5.97 Å². The Kier molecular flexibility index (Phi) is 4.37. The summed E-state index contributed by atoms with van der Waals surface area (Å²) in [6, 6.07) is 4.34. The number of anilines is 1. The van der Waals surface area contributed by atoms with Gasteiger partial charge in [-0.05, 0) is 38.0 Å². The maximum Gasteiger partial charge on any atom is 0.337 e.